The van der Waals surface area contributed by atoms with Crippen molar-refractivity contribution in [1.82, 2.24) is 5.32 Å². The van der Waals surface area contributed by atoms with Gasteiger partial charge in [0.25, 0.3) is 0 Å². The molecule has 0 aliphatic rings. The summed E-state index contributed by atoms with van der Waals surface area (Å²) < 4.78 is 0. The number of hydrogen-bond donors (Lipinski definition) is 2. The lowest BCUT2D eigenvalue weighted by molar-refractivity contribution is -0.141. The molecule has 4 nitrogen and oxygen atoms in total. The van der Waals surface area contributed by atoms with Crippen LogP contribution in [0.2, 0.25) is 10.0 Å². The summed E-state index contributed by atoms with van der Waals surface area (Å²) in [6.45, 7) is 1.64. The van der Waals surface area contributed by atoms with E-state index in [9.17, 15) is 9.59 Å². The fourth-order valence-electron chi connectivity index (χ4n) is 1.25. The zero-order valence-corrected chi connectivity index (χ0v) is 11.3. The molecule has 1 aromatic rings. The third kappa shape index (κ3) is 4.55. The first-order valence-corrected chi connectivity index (χ1v) is 6.09. The number of halogens is 2. The number of rotatable bonds is 5. The Morgan fingerprint density at radius 1 is 1.33 bits per heavy atom. The Morgan fingerprint density at radius 3 is 2.56 bits per heavy atom. The predicted octanol–water partition coefficient (Wildman–Crippen LogP) is 2.37. The predicted molar refractivity (Wildman–Crippen MR) is 70.0 cm³/mol. The van der Waals surface area contributed by atoms with E-state index in [1.807, 2.05) is 0 Å². The summed E-state index contributed by atoms with van der Waals surface area (Å²) >= 11 is 11.6. The standard InChI is InChI=1S/C12H13Cl2NO3/c1-7(12(17)18)6-15-11(16)5-8-2-3-9(13)10(14)4-8/h2-4,7H,5-6H2,1H3,(H,15,16)(H,17,18). The van der Waals surface area contributed by atoms with Crippen molar-refractivity contribution in [1.29, 1.82) is 0 Å². The first-order valence-electron chi connectivity index (χ1n) is 5.33. The molecule has 1 unspecified atom stereocenters. The van der Waals surface area contributed by atoms with Gasteiger partial charge in [-0.2, -0.15) is 0 Å². The van der Waals surface area contributed by atoms with E-state index < -0.39 is 11.9 Å². The Hall–Kier alpha value is -1.26. The molecule has 0 saturated carbocycles. The third-order valence-electron chi connectivity index (χ3n) is 2.38. The van der Waals surface area contributed by atoms with Crippen LogP contribution in [0.3, 0.4) is 0 Å². The van der Waals surface area contributed by atoms with Crippen molar-refractivity contribution in [3.8, 4) is 0 Å². The molecule has 0 aliphatic heterocycles. The van der Waals surface area contributed by atoms with Crippen molar-refractivity contribution in [3.63, 3.8) is 0 Å². The fourth-order valence-corrected chi connectivity index (χ4v) is 1.57. The van der Waals surface area contributed by atoms with Crippen LogP contribution in [0.5, 0.6) is 0 Å². The number of benzene rings is 1. The number of hydrogen-bond acceptors (Lipinski definition) is 2. The number of aliphatic carboxylic acids is 1. The first kappa shape index (κ1) is 14.8. The normalized spacial score (nSPS) is 11.9. The van der Waals surface area contributed by atoms with Crippen molar-refractivity contribution in [2.75, 3.05) is 6.54 Å². The van der Waals surface area contributed by atoms with Gasteiger partial charge in [0.05, 0.1) is 22.4 Å². The van der Waals surface area contributed by atoms with Crippen LogP contribution in [0.4, 0.5) is 0 Å². The van der Waals surface area contributed by atoms with Gasteiger partial charge in [-0.05, 0) is 17.7 Å². The van der Waals surface area contributed by atoms with E-state index in [1.165, 1.54) is 6.92 Å². The van der Waals surface area contributed by atoms with E-state index in [-0.39, 0.29) is 18.9 Å². The molecule has 1 atom stereocenters. The second-order valence-electron chi connectivity index (χ2n) is 3.97. The molecule has 1 rings (SSSR count). The summed E-state index contributed by atoms with van der Waals surface area (Å²) in [6.07, 6.45) is 0.142. The molecule has 1 amide bonds. The van der Waals surface area contributed by atoms with Crippen molar-refractivity contribution in [2.45, 2.75) is 13.3 Å². The van der Waals surface area contributed by atoms with E-state index in [0.29, 0.717) is 10.0 Å². The average Bonchev–Trinajstić information content (AvgIpc) is 2.30. The Morgan fingerprint density at radius 2 is 2.00 bits per heavy atom. The maximum absolute atomic E-state index is 11.6. The number of carbonyl (C=O) groups excluding carboxylic acids is 1. The van der Waals surface area contributed by atoms with Gasteiger partial charge in [-0.1, -0.05) is 36.2 Å². The van der Waals surface area contributed by atoms with Crippen LogP contribution >= 0.6 is 23.2 Å². The molecule has 0 fully saturated rings. The van der Waals surface area contributed by atoms with E-state index in [0.717, 1.165) is 5.56 Å². The zero-order valence-electron chi connectivity index (χ0n) is 9.74. The highest BCUT2D eigenvalue weighted by molar-refractivity contribution is 6.42. The van der Waals surface area contributed by atoms with Crippen molar-refractivity contribution in [3.05, 3.63) is 33.8 Å². The molecule has 0 radical (unpaired) electrons. The van der Waals surface area contributed by atoms with Crippen LogP contribution in [-0.2, 0) is 16.0 Å². The van der Waals surface area contributed by atoms with Crippen LogP contribution in [-0.4, -0.2) is 23.5 Å². The minimum atomic E-state index is -0.940. The molecule has 0 aromatic heterocycles. The smallest absolute Gasteiger partial charge is 0.308 e. The molecule has 6 heteroatoms. The third-order valence-corrected chi connectivity index (χ3v) is 3.11. The average molecular weight is 290 g/mol. The van der Waals surface area contributed by atoms with Gasteiger partial charge in [0.1, 0.15) is 0 Å². The number of carboxylic acids is 1. The summed E-state index contributed by atoms with van der Waals surface area (Å²) in [5, 5.41) is 12.0. The first-order chi connectivity index (χ1) is 8.40. The highest BCUT2D eigenvalue weighted by Crippen LogP contribution is 2.22. The van der Waals surface area contributed by atoms with Crippen LogP contribution in [0.25, 0.3) is 0 Å². The highest BCUT2D eigenvalue weighted by Gasteiger charge is 2.12. The van der Waals surface area contributed by atoms with Crippen LogP contribution in [0.1, 0.15) is 12.5 Å². The van der Waals surface area contributed by atoms with E-state index in [4.69, 9.17) is 28.3 Å². The molecule has 0 heterocycles. The van der Waals surface area contributed by atoms with Gasteiger partial charge in [0, 0.05) is 6.54 Å². The number of nitrogens with one attached hydrogen (secondary N) is 1. The Kier molecular flexibility index (Phi) is 5.44. The van der Waals surface area contributed by atoms with E-state index in [1.54, 1.807) is 18.2 Å². The van der Waals surface area contributed by atoms with Gasteiger partial charge in [-0.15, -0.1) is 0 Å². The molecular weight excluding hydrogens is 277 g/mol. The number of carbonyl (C=O) groups is 2. The van der Waals surface area contributed by atoms with E-state index in [2.05, 4.69) is 5.32 Å². The van der Waals surface area contributed by atoms with Gasteiger partial charge in [-0.3, -0.25) is 9.59 Å². The Bertz CT molecular complexity index is 463. The topological polar surface area (TPSA) is 66.4 Å². The summed E-state index contributed by atoms with van der Waals surface area (Å²) in [5.74, 6) is -1.80. The Labute approximate surface area is 115 Å². The van der Waals surface area contributed by atoms with Crippen molar-refractivity contribution in [2.24, 2.45) is 5.92 Å². The maximum Gasteiger partial charge on any atom is 0.308 e. The molecule has 0 saturated heterocycles. The molecule has 98 valence electrons. The van der Waals surface area contributed by atoms with Gasteiger partial charge in [-0.25, -0.2) is 0 Å². The molecular formula is C12H13Cl2NO3. The van der Waals surface area contributed by atoms with Crippen LogP contribution in [0, 0.1) is 5.92 Å². The Balaban J connectivity index is 2.49. The lowest BCUT2D eigenvalue weighted by Crippen LogP contribution is -2.32. The van der Waals surface area contributed by atoms with Crippen LogP contribution < -0.4 is 5.32 Å². The highest BCUT2D eigenvalue weighted by atomic mass is 35.5. The summed E-state index contributed by atoms with van der Waals surface area (Å²) in [5.41, 5.74) is 0.727. The second kappa shape index (κ2) is 6.61. The molecule has 0 bridgehead atoms. The largest absolute Gasteiger partial charge is 0.481 e. The summed E-state index contributed by atoms with van der Waals surface area (Å²) in [4.78, 5) is 22.1. The SMILES string of the molecule is CC(CNC(=O)Cc1ccc(Cl)c(Cl)c1)C(=O)O. The monoisotopic (exact) mass is 289 g/mol. The van der Waals surface area contributed by atoms with Gasteiger partial charge in [0.15, 0.2) is 0 Å². The number of amides is 1. The van der Waals surface area contributed by atoms with Crippen molar-refractivity contribution >= 4 is 35.1 Å². The molecule has 2 N–H and O–H groups in total. The van der Waals surface area contributed by atoms with Crippen LogP contribution in [0.15, 0.2) is 18.2 Å². The van der Waals surface area contributed by atoms with Gasteiger partial charge >= 0.3 is 5.97 Å². The van der Waals surface area contributed by atoms with E-state index >= 15 is 0 Å². The van der Waals surface area contributed by atoms with Gasteiger partial charge in [0.2, 0.25) is 5.91 Å². The number of carboxylic acid groups (broad SMARTS) is 1. The zero-order chi connectivity index (χ0) is 13.7. The van der Waals surface area contributed by atoms with Crippen molar-refractivity contribution < 1.29 is 14.7 Å². The quantitative estimate of drug-likeness (QED) is 0.875. The minimum absolute atomic E-state index is 0.107. The lowest BCUT2D eigenvalue weighted by atomic mass is 10.1. The molecule has 0 aliphatic carbocycles. The molecule has 1 aromatic carbocycles. The second-order valence-corrected chi connectivity index (χ2v) is 4.78. The summed E-state index contributed by atoms with van der Waals surface area (Å²) in [7, 11) is 0. The summed E-state index contributed by atoms with van der Waals surface area (Å²) in [6, 6.07) is 4.94. The minimum Gasteiger partial charge on any atom is -0.481 e. The molecule has 18 heavy (non-hydrogen) atoms. The fraction of sp³-hybridized carbons (Fsp3) is 0.333. The molecule has 0 spiro atoms. The lowest BCUT2D eigenvalue weighted by Gasteiger charge is -2.08. The van der Waals surface area contributed by atoms with Gasteiger partial charge < -0.3 is 10.4 Å². The maximum atomic E-state index is 11.6.